The molecule has 4 aromatic rings. The van der Waals surface area contributed by atoms with E-state index in [0.717, 1.165) is 16.8 Å². The molecular formula is C35H25Cl2NO4. The molecule has 5 nitrogen and oxygen atoms in total. The number of carbonyl (C=O) groups excluding carboxylic acids is 3. The Hall–Kier alpha value is -4.19. The lowest BCUT2D eigenvalue weighted by Gasteiger charge is -2.37. The Morgan fingerprint density at radius 3 is 2.31 bits per heavy atom. The summed E-state index contributed by atoms with van der Waals surface area (Å²) in [5.41, 5.74) is 2.74. The molecule has 3 aliphatic rings. The van der Waals surface area contributed by atoms with Crippen molar-refractivity contribution in [1.29, 1.82) is 0 Å². The molecule has 0 N–H and O–H groups in total. The standard InChI is InChI=1S/C35H25Cl2NO4/c1-19-10-14-28-20(16-19)11-15-29-35(33(40)24-8-3-4-9-25(24)34(35)41)30(26-13-12-22(36)18-27(26)37)31(38(28)29)32(39)21-6-5-7-23(17-21)42-2/h3-18,29-31H,1-2H3/t29-,30-,31-/m0/s1. The van der Waals surface area contributed by atoms with E-state index in [9.17, 15) is 14.4 Å². The van der Waals surface area contributed by atoms with Gasteiger partial charge >= 0.3 is 0 Å². The second kappa shape index (κ2) is 9.69. The van der Waals surface area contributed by atoms with Crippen molar-refractivity contribution in [3.8, 4) is 5.75 Å². The molecule has 0 bridgehead atoms. The van der Waals surface area contributed by atoms with Crippen molar-refractivity contribution < 1.29 is 19.1 Å². The first kappa shape index (κ1) is 26.7. The number of hydrogen-bond donors (Lipinski definition) is 0. The molecule has 4 aromatic carbocycles. The number of aryl methyl sites for hydroxylation is 1. The Morgan fingerprint density at radius 2 is 1.62 bits per heavy atom. The largest absolute Gasteiger partial charge is 0.497 e. The van der Waals surface area contributed by atoms with Crippen molar-refractivity contribution in [2.75, 3.05) is 12.0 Å². The Morgan fingerprint density at radius 1 is 0.881 bits per heavy atom. The van der Waals surface area contributed by atoms with Crippen molar-refractivity contribution in [2.24, 2.45) is 5.41 Å². The van der Waals surface area contributed by atoms with Gasteiger partial charge in [-0.15, -0.1) is 0 Å². The molecule has 0 unspecified atom stereocenters. The van der Waals surface area contributed by atoms with Gasteiger partial charge in [-0.1, -0.05) is 89.4 Å². The van der Waals surface area contributed by atoms with Crippen LogP contribution in [0.2, 0.25) is 10.0 Å². The molecule has 1 saturated heterocycles. The molecule has 1 spiro atoms. The third kappa shape index (κ3) is 3.60. The van der Waals surface area contributed by atoms with E-state index in [4.69, 9.17) is 27.9 Å². The Balaban J connectivity index is 1.56. The van der Waals surface area contributed by atoms with Crippen LogP contribution in [0.1, 0.15) is 53.7 Å². The normalized spacial score (nSPS) is 21.3. The van der Waals surface area contributed by atoms with Crippen LogP contribution >= 0.6 is 23.2 Å². The second-order valence-electron chi connectivity index (χ2n) is 11.0. The first-order valence-corrected chi connectivity index (χ1v) is 14.4. The summed E-state index contributed by atoms with van der Waals surface area (Å²) in [7, 11) is 1.54. The van der Waals surface area contributed by atoms with E-state index in [2.05, 4.69) is 0 Å². The smallest absolute Gasteiger partial charge is 0.186 e. The fourth-order valence-corrected chi connectivity index (χ4v) is 7.67. The average Bonchev–Trinajstić information content (AvgIpc) is 3.42. The minimum Gasteiger partial charge on any atom is -0.497 e. The van der Waals surface area contributed by atoms with Crippen molar-refractivity contribution in [1.82, 2.24) is 0 Å². The second-order valence-corrected chi connectivity index (χ2v) is 11.9. The van der Waals surface area contributed by atoms with Crippen LogP contribution in [-0.4, -0.2) is 36.5 Å². The van der Waals surface area contributed by atoms with Gasteiger partial charge in [0.25, 0.3) is 0 Å². The molecule has 3 atom stereocenters. The topological polar surface area (TPSA) is 63.7 Å². The van der Waals surface area contributed by atoms with Crippen LogP contribution in [0.3, 0.4) is 0 Å². The van der Waals surface area contributed by atoms with Gasteiger partial charge in [-0.2, -0.15) is 0 Å². The number of fused-ring (bicyclic) bond motifs is 5. The summed E-state index contributed by atoms with van der Waals surface area (Å²) in [6.45, 7) is 2.00. The molecule has 7 heteroatoms. The molecule has 0 radical (unpaired) electrons. The number of rotatable bonds is 4. The van der Waals surface area contributed by atoms with E-state index >= 15 is 0 Å². The highest BCUT2D eigenvalue weighted by Crippen LogP contribution is 2.61. The summed E-state index contributed by atoms with van der Waals surface area (Å²) in [6, 6.07) is 23.2. The molecule has 42 heavy (non-hydrogen) atoms. The van der Waals surface area contributed by atoms with Crippen LogP contribution in [0.15, 0.2) is 91.0 Å². The monoisotopic (exact) mass is 593 g/mol. The van der Waals surface area contributed by atoms with Crippen molar-refractivity contribution in [3.05, 3.63) is 134 Å². The number of anilines is 1. The third-order valence-electron chi connectivity index (χ3n) is 8.88. The van der Waals surface area contributed by atoms with Gasteiger partial charge in [-0.25, -0.2) is 0 Å². The number of ketones is 3. The number of benzene rings is 4. The fraction of sp³-hybridized carbons (Fsp3) is 0.171. The lowest BCUT2D eigenvalue weighted by Crippen LogP contribution is -2.48. The molecule has 2 heterocycles. The minimum absolute atomic E-state index is 0.245. The zero-order chi connectivity index (χ0) is 29.3. The summed E-state index contributed by atoms with van der Waals surface area (Å²) in [6.07, 6.45) is 3.85. The summed E-state index contributed by atoms with van der Waals surface area (Å²) in [4.78, 5) is 46.3. The van der Waals surface area contributed by atoms with Crippen LogP contribution < -0.4 is 9.64 Å². The van der Waals surface area contributed by atoms with E-state index in [1.54, 1.807) is 73.8 Å². The van der Waals surface area contributed by atoms with E-state index in [1.165, 1.54) is 0 Å². The molecule has 1 aliphatic carbocycles. The van der Waals surface area contributed by atoms with Gasteiger partial charge in [0.15, 0.2) is 17.3 Å². The van der Waals surface area contributed by atoms with Gasteiger partial charge in [0.2, 0.25) is 0 Å². The number of Topliss-reactive ketones (excluding diaryl/α,β-unsaturated/α-hetero) is 3. The molecule has 0 saturated carbocycles. The highest BCUT2D eigenvalue weighted by Gasteiger charge is 2.71. The lowest BCUT2D eigenvalue weighted by molar-refractivity contribution is 0.0666. The number of hydrogen-bond acceptors (Lipinski definition) is 5. The minimum atomic E-state index is -1.64. The first-order chi connectivity index (χ1) is 20.3. The average molecular weight is 594 g/mol. The van der Waals surface area contributed by atoms with Gasteiger partial charge in [0, 0.05) is 38.3 Å². The summed E-state index contributed by atoms with van der Waals surface area (Å²) in [5.74, 6) is -1.26. The van der Waals surface area contributed by atoms with Crippen LogP contribution in [0.25, 0.3) is 6.08 Å². The van der Waals surface area contributed by atoms with E-state index in [-0.39, 0.29) is 17.3 Å². The maximum Gasteiger partial charge on any atom is 0.186 e. The number of nitrogens with zero attached hydrogens (tertiary/aromatic N) is 1. The molecule has 2 aliphatic heterocycles. The summed E-state index contributed by atoms with van der Waals surface area (Å²) in [5, 5.41) is 0.706. The predicted octanol–water partition coefficient (Wildman–Crippen LogP) is 7.63. The number of ether oxygens (including phenoxy) is 1. The van der Waals surface area contributed by atoms with Crippen LogP contribution in [-0.2, 0) is 0 Å². The maximum atomic E-state index is 14.8. The van der Waals surface area contributed by atoms with Gasteiger partial charge in [0.05, 0.1) is 13.2 Å². The Labute approximate surface area is 253 Å². The van der Waals surface area contributed by atoms with Crippen molar-refractivity contribution in [3.63, 3.8) is 0 Å². The zero-order valence-corrected chi connectivity index (χ0v) is 24.3. The van der Waals surface area contributed by atoms with Gasteiger partial charge in [-0.3, -0.25) is 14.4 Å². The van der Waals surface area contributed by atoms with Crippen LogP contribution in [0, 0.1) is 12.3 Å². The van der Waals surface area contributed by atoms with Crippen molar-refractivity contribution >= 4 is 52.3 Å². The van der Waals surface area contributed by atoms with Crippen LogP contribution in [0.4, 0.5) is 5.69 Å². The molecule has 0 aromatic heterocycles. The summed E-state index contributed by atoms with van der Waals surface area (Å²) >= 11 is 13.2. The number of halogens is 2. The summed E-state index contributed by atoms with van der Waals surface area (Å²) < 4.78 is 5.44. The SMILES string of the molecule is COc1cccc(C(=O)[C@@H]2[C@H](c3ccc(Cl)cc3Cl)C3(C(=O)c4ccccc4C3=O)[C@@H]3C=Cc4cc(C)ccc4N23)c1. The molecule has 0 amide bonds. The third-order valence-corrected chi connectivity index (χ3v) is 9.44. The fourth-order valence-electron chi connectivity index (χ4n) is 7.14. The van der Waals surface area contributed by atoms with Gasteiger partial charge in [-0.05, 0) is 54.4 Å². The number of methoxy groups -OCH3 is 1. The number of carbonyl (C=O) groups is 3. The van der Waals surface area contributed by atoms with Gasteiger partial charge in [0.1, 0.15) is 17.2 Å². The zero-order valence-electron chi connectivity index (χ0n) is 22.8. The van der Waals surface area contributed by atoms with Crippen molar-refractivity contribution in [2.45, 2.75) is 24.9 Å². The highest BCUT2D eigenvalue weighted by molar-refractivity contribution is 6.36. The highest BCUT2D eigenvalue weighted by atomic mass is 35.5. The molecule has 1 fully saturated rings. The first-order valence-electron chi connectivity index (χ1n) is 13.7. The van der Waals surface area contributed by atoms with E-state index < -0.39 is 23.4 Å². The van der Waals surface area contributed by atoms with E-state index in [1.807, 2.05) is 42.2 Å². The quantitative estimate of drug-likeness (QED) is 0.180. The lowest BCUT2D eigenvalue weighted by atomic mass is 9.64. The Kier molecular flexibility index (Phi) is 6.16. The van der Waals surface area contributed by atoms with E-state index in [0.29, 0.717) is 38.0 Å². The van der Waals surface area contributed by atoms with Crippen LogP contribution in [0.5, 0.6) is 5.75 Å². The molecule has 208 valence electrons. The Bertz CT molecular complexity index is 1830. The molecule has 7 rings (SSSR count). The maximum absolute atomic E-state index is 14.8. The molecular weight excluding hydrogens is 569 g/mol. The predicted molar refractivity (Wildman–Crippen MR) is 164 cm³/mol. The van der Waals surface area contributed by atoms with Gasteiger partial charge < -0.3 is 9.64 Å².